The van der Waals surface area contributed by atoms with Crippen molar-refractivity contribution in [1.29, 1.82) is 0 Å². The summed E-state index contributed by atoms with van der Waals surface area (Å²) in [6.07, 6.45) is -4.59. The molecule has 0 saturated heterocycles. The van der Waals surface area contributed by atoms with Crippen LogP contribution >= 0.6 is 11.3 Å². The van der Waals surface area contributed by atoms with Crippen molar-refractivity contribution in [3.05, 3.63) is 58.7 Å². The fraction of sp³-hybridized carbons (Fsp3) is 0.273. The number of hydrogen-bond acceptors (Lipinski definition) is 6. The molecule has 3 rings (SSSR count). The first-order valence-corrected chi connectivity index (χ1v) is 10.4. The Morgan fingerprint density at radius 1 is 1.19 bits per heavy atom. The molecule has 2 aromatic carbocycles. The van der Waals surface area contributed by atoms with Crippen LogP contribution in [0.15, 0.2) is 36.4 Å². The summed E-state index contributed by atoms with van der Waals surface area (Å²) in [5, 5.41) is 13.5. The monoisotopic (exact) mass is 466 g/mol. The summed E-state index contributed by atoms with van der Waals surface area (Å²) in [5.74, 6) is -1.45. The molecular weight excluding hydrogens is 445 g/mol. The van der Waals surface area contributed by atoms with E-state index in [0.29, 0.717) is 22.2 Å². The number of esters is 1. The molecule has 0 bridgehead atoms. The predicted molar refractivity (Wildman–Crippen MR) is 116 cm³/mol. The molecule has 0 aliphatic rings. The van der Waals surface area contributed by atoms with Crippen molar-refractivity contribution >= 4 is 38.3 Å². The van der Waals surface area contributed by atoms with Gasteiger partial charge in [-0.2, -0.15) is 13.2 Å². The van der Waals surface area contributed by atoms with Gasteiger partial charge < -0.3 is 20.1 Å². The van der Waals surface area contributed by atoms with Crippen LogP contribution in [0.2, 0.25) is 0 Å². The van der Waals surface area contributed by atoms with Gasteiger partial charge in [0.2, 0.25) is 0 Å². The van der Waals surface area contributed by atoms with E-state index in [0.717, 1.165) is 29.5 Å². The SMILES string of the molecule is CCOC(=O)c1c(NC(=O)c2cccc(C(F)(F)F)c2)sc2c(CN(C)C)c(O)ccc12. The molecule has 0 spiro atoms. The standard InChI is InChI=1S/C22H21F3N2O4S/c1-4-31-21(30)17-14-8-9-16(28)15(11-27(2)3)18(14)32-20(17)26-19(29)12-6-5-7-13(10-12)22(23,24)25/h5-10,28H,4,11H2,1-3H3,(H,26,29). The summed E-state index contributed by atoms with van der Waals surface area (Å²) >= 11 is 1.05. The minimum Gasteiger partial charge on any atom is -0.508 e. The fourth-order valence-corrected chi connectivity index (χ4v) is 4.40. The normalized spacial score (nSPS) is 11.7. The number of halogens is 3. The van der Waals surface area contributed by atoms with Gasteiger partial charge in [-0.05, 0) is 51.4 Å². The number of rotatable bonds is 6. The summed E-state index contributed by atoms with van der Waals surface area (Å²) in [6, 6.07) is 7.02. The number of hydrogen-bond donors (Lipinski definition) is 2. The van der Waals surface area contributed by atoms with Gasteiger partial charge in [0, 0.05) is 27.8 Å². The van der Waals surface area contributed by atoms with Gasteiger partial charge >= 0.3 is 12.1 Å². The zero-order chi connectivity index (χ0) is 23.6. The molecule has 0 unspecified atom stereocenters. The summed E-state index contributed by atoms with van der Waals surface area (Å²) in [7, 11) is 3.63. The second-order valence-corrected chi connectivity index (χ2v) is 8.26. The molecule has 10 heteroatoms. The van der Waals surface area contributed by atoms with Gasteiger partial charge in [-0.1, -0.05) is 6.07 Å². The van der Waals surface area contributed by atoms with Gasteiger partial charge in [0.15, 0.2) is 0 Å². The zero-order valence-electron chi connectivity index (χ0n) is 17.5. The number of amides is 1. The van der Waals surface area contributed by atoms with Crippen LogP contribution in [-0.2, 0) is 17.5 Å². The molecule has 2 N–H and O–H groups in total. The van der Waals surface area contributed by atoms with Crippen LogP contribution in [-0.4, -0.2) is 42.6 Å². The number of benzene rings is 2. The van der Waals surface area contributed by atoms with Gasteiger partial charge in [-0.3, -0.25) is 4.79 Å². The van der Waals surface area contributed by atoms with Crippen LogP contribution < -0.4 is 5.32 Å². The van der Waals surface area contributed by atoms with E-state index in [4.69, 9.17) is 4.74 Å². The number of aromatic hydroxyl groups is 1. The van der Waals surface area contributed by atoms with Crippen molar-refractivity contribution in [3.8, 4) is 5.75 Å². The molecule has 0 saturated carbocycles. The molecular formula is C22H21F3N2O4S. The van der Waals surface area contributed by atoms with Crippen molar-refractivity contribution in [3.63, 3.8) is 0 Å². The summed E-state index contributed by atoms with van der Waals surface area (Å²) in [4.78, 5) is 27.3. The highest BCUT2D eigenvalue weighted by atomic mass is 32.1. The van der Waals surface area contributed by atoms with Crippen LogP contribution in [0.25, 0.3) is 10.1 Å². The number of anilines is 1. The topological polar surface area (TPSA) is 78.9 Å². The van der Waals surface area contributed by atoms with Crippen molar-refractivity contribution in [2.24, 2.45) is 0 Å². The number of thiophene rings is 1. The Morgan fingerprint density at radius 2 is 1.91 bits per heavy atom. The van der Waals surface area contributed by atoms with Crippen LogP contribution in [0.1, 0.15) is 38.8 Å². The maximum absolute atomic E-state index is 13.0. The second kappa shape index (κ2) is 9.17. The first-order chi connectivity index (χ1) is 15.0. The Kier molecular flexibility index (Phi) is 6.75. The lowest BCUT2D eigenvalue weighted by Crippen LogP contribution is -2.15. The third-order valence-corrected chi connectivity index (χ3v) is 5.75. The predicted octanol–water partition coefficient (Wildman–Crippen LogP) is 5.12. The molecule has 0 atom stereocenters. The lowest BCUT2D eigenvalue weighted by Gasteiger charge is -2.12. The van der Waals surface area contributed by atoms with E-state index in [2.05, 4.69) is 5.32 Å². The Bertz CT molecular complexity index is 1170. The first-order valence-electron chi connectivity index (χ1n) is 9.60. The van der Waals surface area contributed by atoms with Gasteiger partial charge in [-0.25, -0.2) is 4.79 Å². The van der Waals surface area contributed by atoms with Crippen molar-refractivity contribution in [1.82, 2.24) is 4.90 Å². The van der Waals surface area contributed by atoms with E-state index < -0.39 is 23.6 Å². The highest BCUT2D eigenvalue weighted by Gasteiger charge is 2.31. The molecule has 1 amide bonds. The van der Waals surface area contributed by atoms with Crippen LogP contribution in [0.3, 0.4) is 0 Å². The van der Waals surface area contributed by atoms with E-state index in [1.54, 1.807) is 13.0 Å². The van der Waals surface area contributed by atoms with Crippen molar-refractivity contribution in [2.75, 3.05) is 26.0 Å². The maximum Gasteiger partial charge on any atom is 0.416 e. The largest absolute Gasteiger partial charge is 0.508 e. The molecule has 0 aliphatic carbocycles. The van der Waals surface area contributed by atoms with Gasteiger partial charge in [-0.15, -0.1) is 11.3 Å². The molecule has 1 heterocycles. The number of carbonyl (C=O) groups is 2. The lowest BCUT2D eigenvalue weighted by molar-refractivity contribution is -0.137. The maximum atomic E-state index is 13.0. The summed E-state index contributed by atoms with van der Waals surface area (Å²) < 4.78 is 44.8. The molecule has 170 valence electrons. The van der Waals surface area contributed by atoms with E-state index in [9.17, 15) is 27.9 Å². The molecule has 1 aromatic heterocycles. The number of nitrogens with zero attached hydrogens (tertiary/aromatic N) is 1. The van der Waals surface area contributed by atoms with E-state index in [-0.39, 0.29) is 28.5 Å². The lowest BCUT2D eigenvalue weighted by atomic mass is 10.1. The Morgan fingerprint density at radius 3 is 2.53 bits per heavy atom. The number of phenols is 1. The minimum atomic E-state index is -4.59. The third-order valence-electron chi connectivity index (χ3n) is 4.57. The number of fused-ring (bicyclic) bond motifs is 1. The summed E-state index contributed by atoms with van der Waals surface area (Å²) in [6.45, 7) is 2.10. The van der Waals surface area contributed by atoms with Gasteiger partial charge in [0.25, 0.3) is 5.91 Å². The molecule has 32 heavy (non-hydrogen) atoms. The first kappa shape index (κ1) is 23.6. The number of alkyl halides is 3. The molecule has 0 fully saturated rings. The van der Waals surface area contributed by atoms with Gasteiger partial charge in [0.1, 0.15) is 16.3 Å². The van der Waals surface area contributed by atoms with Crippen LogP contribution in [0, 0.1) is 0 Å². The third kappa shape index (κ3) is 4.86. The fourth-order valence-electron chi connectivity index (χ4n) is 3.18. The highest BCUT2D eigenvalue weighted by molar-refractivity contribution is 7.23. The average Bonchev–Trinajstić information content (AvgIpc) is 3.08. The van der Waals surface area contributed by atoms with Gasteiger partial charge in [0.05, 0.1) is 12.2 Å². The molecule has 3 aromatic rings. The number of ether oxygens (including phenoxy) is 1. The highest BCUT2D eigenvalue weighted by Crippen LogP contribution is 2.41. The average molecular weight is 466 g/mol. The molecule has 0 radical (unpaired) electrons. The smallest absolute Gasteiger partial charge is 0.416 e. The Hall–Kier alpha value is -3.11. The number of nitrogens with one attached hydrogen (secondary N) is 1. The van der Waals surface area contributed by atoms with Crippen molar-refractivity contribution in [2.45, 2.75) is 19.6 Å². The van der Waals surface area contributed by atoms with E-state index in [1.165, 1.54) is 12.1 Å². The zero-order valence-corrected chi connectivity index (χ0v) is 18.4. The second-order valence-electron chi connectivity index (χ2n) is 7.24. The molecule has 6 nitrogen and oxygen atoms in total. The van der Waals surface area contributed by atoms with E-state index in [1.807, 2.05) is 19.0 Å². The number of phenolic OH excluding ortho intramolecular Hbond substituents is 1. The number of carbonyl (C=O) groups excluding carboxylic acids is 2. The Balaban J connectivity index is 2.10. The van der Waals surface area contributed by atoms with Crippen LogP contribution in [0.5, 0.6) is 5.75 Å². The summed E-state index contributed by atoms with van der Waals surface area (Å²) in [5.41, 5.74) is -0.511. The quantitative estimate of drug-likeness (QED) is 0.493. The minimum absolute atomic E-state index is 0.0265. The molecule has 0 aliphatic heterocycles. The Labute approximate surface area is 186 Å². The van der Waals surface area contributed by atoms with Crippen molar-refractivity contribution < 1.29 is 32.6 Å². The van der Waals surface area contributed by atoms with Crippen LogP contribution in [0.4, 0.5) is 18.2 Å². The van der Waals surface area contributed by atoms with E-state index >= 15 is 0 Å².